The quantitative estimate of drug-likeness (QED) is 0.587. The SMILES string of the molecule is O=C1C=C(Cl)c2ccc(CCN3CCN(c4cc(F)cc5sccc45)CC3)cc2[N]1. The van der Waals surface area contributed by atoms with Crippen LogP contribution >= 0.6 is 22.9 Å². The summed E-state index contributed by atoms with van der Waals surface area (Å²) in [6.45, 7) is 4.56. The summed E-state index contributed by atoms with van der Waals surface area (Å²) in [5, 5.41) is 7.68. The monoisotopic (exact) mass is 440 g/mol. The van der Waals surface area contributed by atoms with Gasteiger partial charge >= 0.3 is 0 Å². The van der Waals surface area contributed by atoms with Crippen molar-refractivity contribution in [2.45, 2.75) is 6.42 Å². The van der Waals surface area contributed by atoms with E-state index < -0.39 is 0 Å². The van der Waals surface area contributed by atoms with Gasteiger partial charge in [0.15, 0.2) is 0 Å². The molecule has 0 bridgehead atoms. The zero-order chi connectivity index (χ0) is 20.7. The van der Waals surface area contributed by atoms with Crippen molar-refractivity contribution in [1.82, 2.24) is 10.2 Å². The van der Waals surface area contributed by atoms with Gasteiger partial charge in [0.25, 0.3) is 5.91 Å². The number of benzene rings is 2. The summed E-state index contributed by atoms with van der Waals surface area (Å²) in [5.41, 5.74) is 3.60. The number of carbonyl (C=O) groups excluding carboxylic acids is 1. The highest BCUT2D eigenvalue weighted by Gasteiger charge is 2.21. The molecule has 1 amide bonds. The van der Waals surface area contributed by atoms with Crippen molar-refractivity contribution in [2.24, 2.45) is 0 Å². The first-order chi connectivity index (χ1) is 14.6. The van der Waals surface area contributed by atoms with Crippen LogP contribution in [0.15, 0.2) is 47.9 Å². The lowest BCUT2D eigenvalue weighted by Crippen LogP contribution is -2.47. The number of hydrogen-bond acceptors (Lipinski definition) is 4. The van der Waals surface area contributed by atoms with E-state index in [1.165, 1.54) is 6.08 Å². The summed E-state index contributed by atoms with van der Waals surface area (Å²) in [4.78, 5) is 16.3. The molecule has 0 atom stereocenters. The number of anilines is 1. The van der Waals surface area contributed by atoms with Gasteiger partial charge in [-0.3, -0.25) is 9.69 Å². The summed E-state index contributed by atoms with van der Waals surface area (Å²) >= 11 is 7.72. The van der Waals surface area contributed by atoms with Gasteiger partial charge in [-0.05, 0) is 41.6 Å². The third-order valence-electron chi connectivity index (χ3n) is 5.74. The number of carbonyl (C=O) groups is 1. The number of halogens is 2. The van der Waals surface area contributed by atoms with Gasteiger partial charge in [-0.1, -0.05) is 23.7 Å². The van der Waals surface area contributed by atoms with E-state index in [1.54, 1.807) is 23.5 Å². The Labute approximate surface area is 183 Å². The maximum Gasteiger partial charge on any atom is 0.271 e. The first-order valence-electron chi connectivity index (χ1n) is 9.97. The number of piperazine rings is 1. The Morgan fingerprint density at radius 1 is 1.10 bits per heavy atom. The summed E-state index contributed by atoms with van der Waals surface area (Å²) in [5.74, 6) is -0.480. The van der Waals surface area contributed by atoms with E-state index in [1.807, 2.05) is 17.5 Å². The minimum absolute atomic E-state index is 0.173. The lowest BCUT2D eigenvalue weighted by molar-refractivity contribution is -0.115. The molecule has 2 aliphatic rings. The van der Waals surface area contributed by atoms with Crippen molar-refractivity contribution in [2.75, 3.05) is 37.6 Å². The van der Waals surface area contributed by atoms with Crippen molar-refractivity contribution < 1.29 is 9.18 Å². The van der Waals surface area contributed by atoms with E-state index in [4.69, 9.17) is 11.6 Å². The molecular weight excluding hydrogens is 421 g/mol. The summed E-state index contributed by atoms with van der Waals surface area (Å²) in [7, 11) is 0. The highest BCUT2D eigenvalue weighted by atomic mass is 35.5. The molecule has 0 unspecified atom stereocenters. The van der Waals surface area contributed by atoms with Gasteiger partial charge in [-0.15, -0.1) is 11.3 Å². The number of amides is 1. The number of fused-ring (bicyclic) bond motifs is 2. The fourth-order valence-electron chi connectivity index (χ4n) is 4.15. The van der Waals surface area contributed by atoms with Crippen LogP contribution in [0.25, 0.3) is 15.1 Å². The average molecular weight is 441 g/mol. The Morgan fingerprint density at radius 2 is 1.93 bits per heavy atom. The van der Waals surface area contributed by atoms with Crippen LogP contribution in [0, 0.1) is 5.82 Å². The molecule has 2 aromatic carbocycles. The van der Waals surface area contributed by atoms with Gasteiger partial charge in [0.05, 0.1) is 10.7 Å². The van der Waals surface area contributed by atoms with Gasteiger partial charge in [0, 0.05) is 60.1 Å². The molecule has 3 heterocycles. The first kappa shape index (κ1) is 19.5. The third-order valence-corrected chi connectivity index (χ3v) is 6.92. The van der Waals surface area contributed by atoms with Crippen molar-refractivity contribution in [3.63, 3.8) is 0 Å². The molecule has 7 heteroatoms. The molecule has 0 aliphatic carbocycles. The van der Waals surface area contributed by atoms with Crippen LogP contribution in [0.2, 0.25) is 0 Å². The largest absolute Gasteiger partial charge is 0.368 e. The molecule has 153 valence electrons. The molecule has 0 saturated carbocycles. The van der Waals surface area contributed by atoms with E-state index >= 15 is 0 Å². The lowest BCUT2D eigenvalue weighted by atomic mass is 10.0. The van der Waals surface area contributed by atoms with E-state index in [-0.39, 0.29) is 11.7 Å². The number of thiophene rings is 1. The zero-order valence-corrected chi connectivity index (χ0v) is 17.8. The Bertz CT molecular complexity index is 1150. The van der Waals surface area contributed by atoms with Crippen LogP contribution in [-0.4, -0.2) is 43.5 Å². The van der Waals surface area contributed by atoms with Crippen LogP contribution in [0.3, 0.4) is 0 Å². The average Bonchev–Trinajstić information content (AvgIpc) is 3.20. The molecule has 4 nitrogen and oxygen atoms in total. The Kier molecular flexibility index (Phi) is 5.23. The van der Waals surface area contributed by atoms with E-state index in [0.717, 1.165) is 66.0 Å². The van der Waals surface area contributed by atoms with E-state index in [9.17, 15) is 9.18 Å². The highest BCUT2D eigenvalue weighted by Crippen LogP contribution is 2.33. The standard InChI is InChI=1S/C23H20ClFN3OS/c24-19-14-23(29)26-20-11-15(1-2-17(19)20)3-5-27-6-8-28(9-7-27)21-12-16(25)13-22-18(21)4-10-30-22/h1-2,4,10-14H,3,5-9H2. The number of rotatable bonds is 4. The van der Waals surface area contributed by atoms with Crippen LogP contribution in [0.4, 0.5) is 15.8 Å². The predicted octanol–water partition coefficient (Wildman–Crippen LogP) is 4.76. The maximum atomic E-state index is 14.0. The first-order valence-corrected chi connectivity index (χ1v) is 11.2. The molecule has 1 fully saturated rings. The molecule has 2 aliphatic heterocycles. The molecule has 1 radical (unpaired) electrons. The molecule has 1 aromatic heterocycles. The van der Waals surface area contributed by atoms with E-state index in [2.05, 4.69) is 27.2 Å². The zero-order valence-electron chi connectivity index (χ0n) is 16.3. The predicted molar refractivity (Wildman–Crippen MR) is 121 cm³/mol. The minimum atomic E-state index is -0.308. The Hall–Kier alpha value is -2.41. The Balaban J connectivity index is 1.21. The highest BCUT2D eigenvalue weighted by molar-refractivity contribution is 7.17. The minimum Gasteiger partial charge on any atom is -0.368 e. The molecule has 3 aromatic rings. The van der Waals surface area contributed by atoms with Gasteiger partial charge in [0.1, 0.15) is 5.82 Å². The van der Waals surface area contributed by atoms with E-state index in [0.29, 0.717) is 10.7 Å². The molecule has 5 rings (SSSR count). The molecule has 0 spiro atoms. The molecular formula is C23H20ClFN3OS. The number of hydrogen-bond donors (Lipinski definition) is 0. The van der Waals surface area contributed by atoms with Crippen LogP contribution < -0.4 is 10.2 Å². The summed E-state index contributed by atoms with van der Waals surface area (Å²) in [6.07, 6.45) is 2.23. The van der Waals surface area contributed by atoms with Crippen molar-refractivity contribution >= 4 is 55.3 Å². The Morgan fingerprint density at radius 3 is 2.77 bits per heavy atom. The third kappa shape index (κ3) is 3.83. The van der Waals surface area contributed by atoms with Crippen LogP contribution in [0.1, 0.15) is 11.1 Å². The fourth-order valence-corrected chi connectivity index (χ4v) is 5.23. The van der Waals surface area contributed by atoms with Gasteiger partial charge in [0.2, 0.25) is 0 Å². The molecule has 1 saturated heterocycles. The molecule has 0 N–H and O–H groups in total. The second-order valence-corrected chi connectivity index (χ2v) is 8.98. The van der Waals surface area contributed by atoms with Gasteiger partial charge in [-0.2, -0.15) is 0 Å². The second-order valence-electron chi connectivity index (χ2n) is 7.63. The topological polar surface area (TPSA) is 37.7 Å². The van der Waals surface area contributed by atoms with Gasteiger partial charge < -0.3 is 4.90 Å². The van der Waals surface area contributed by atoms with Crippen LogP contribution in [-0.2, 0) is 11.2 Å². The summed E-state index contributed by atoms with van der Waals surface area (Å²) in [6, 6.07) is 11.3. The van der Waals surface area contributed by atoms with Crippen molar-refractivity contribution in [3.05, 3.63) is 64.8 Å². The van der Waals surface area contributed by atoms with Crippen molar-refractivity contribution in [3.8, 4) is 0 Å². The van der Waals surface area contributed by atoms with Gasteiger partial charge in [-0.25, -0.2) is 9.71 Å². The number of nitrogens with zero attached hydrogens (tertiary/aromatic N) is 3. The molecule has 30 heavy (non-hydrogen) atoms. The smallest absolute Gasteiger partial charge is 0.271 e. The second kappa shape index (κ2) is 8.02. The maximum absolute atomic E-state index is 14.0. The fraction of sp³-hybridized carbons (Fsp3) is 0.261. The van der Waals surface area contributed by atoms with Crippen LogP contribution in [0.5, 0.6) is 0 Å². The lowest BCUT2D eigenvalue weighted by Gasteiger charge is -2.36. The summed E-state index contributed by atoms with van der Waals surface area (Å²) < 4.78 is 15.0. The normalized spacial score (nSPS) is 17.1. The van der Waals surface area contributed by atoms with Crippen molar-refractivity contribution in [1.29, 1.82) is 0 Å².